The van der Waals surface area contributed by atoms with Crippen molar-refractivity contribution in [2.75, 3.05) is 46.4 Å². The van der Waals surface area contributed by atoms with Gasteiger partial charge in [-0.05, 0) is 24.3 Å². The number of nitrogens with zero attached hydrogens (tertiary/aromatic N) is 6. The van der Waals surface area contributed by atoms with Gasteiger partial charge in [0.25, 0.3) is 5.56 Å². The van der Waals surface area contributed by atoms with E-state index in [0.717, 1.165) is 22.6 Å². The summed E-state index contributed by atoms with van der Waals surface area (Å²) in [5.74, 6) is 1.32. The number of rotatable bonds is 7. The van der Waals surface area contributed by atoms with Gasteiger partial charge in [-0.2, -0.15) is 0 Å². The molecule has 1 aromatic carbocycles. The highest BCUT2D eigenvalue weighted by atomic mass is 16.5. The molecular formula is C22H28N6O5. The first-order valence-electron chi connectivity index (χ1n) is 10.8. The summed E-state index contributed by atoms with van der Waals surface area (Å²) in [5, 5.41) is 0. The van der Waals surface area contributed by atoms with Crippen LogP contribution in [0.3, 0.4) is 0 Å². The van der Waals surface area contributed by atoms with E-state index in [9.17, 15) is 14.4 Å². The van der Waals surface area contributed by atoms with Crippen molar-refractivity contribution in [1.29, 1.82) is 0 Å². The number of imidazole rings is 1. The van der Waals surface area contributed by atoms with Crippen molar-refractivity contribution in [1.82, 2.24) is 28.5 Å². The number of benzene rings is 1. The number of aromatic nitrogens is 4. The van der Waals surface area contributed by atoms with E-state index >= 15 is 0 Å². The molecule has 2 aromatic heterocycles. The molecule has 0 bridgehead atoms. The zero-order valence-electron chi connectivity index (χ0n) is 19.1. The number of piperazine rings is 1. The van der Waals surface area contributed by atoms with E-state index in [1.807, 2.05) is 24.3 Å². The number of ether oxygens (including phenoxy) is 2. The second kappa shape index (κ2) is 9.49. The molecule has 3 aromatic rings. The quantitative estimate of drug-likeness (QED) is 0.479. The van der Waals surface area contributed by atoms with Crippen LogP contribution < -0.4 is 20.7 Å². The molecule has 176 valence electrons. The largest absolute Gasteiger partial charge is 0.497 e. The third kappa shape index (κ3) is 4.63. The first-order chi connectivity index (χ1) is 15.9. The lowest BCUT2D eigenvalue weighted by molar-refractivity contribution is -0.133. The van der Waals surface area contributed by atoms with Gasteiger partial charge in [0, 0.05) is 46.8 Å². The Morgan fingerprint density at radius 1 is 1.03 bits per heavy atom. The summed E-state index contributed by atoms with van der Waals surface area (Å²) < 4.78 is 14.8. The van der Waals surface area contributed by atoms with Gasteiger partial charge in [-0.3, -0.25) is 19.1 Å². The Morgan fingerprint density at radius 3 is 2.36 bits per heavy atom. The van der Waals surface area contributed by atoms with Crippen LogP contribution in [0.15, 0.2) is 40.2 Å². The summed E-state index contributed by atoms with van der Waals surface area (Å²) in [6, 6.07) is 7.43. The van der Waals surface area contributed by atoms with Crippen LogP contribution in [0.1, 0.15) is 0 Å². The average molecular weight is 457 g/mol. The summed E-state index contributed by atoms with van der Waals surface area (Å²) >= 11 is 0. The summed E-state index contributed by atoms with van der Waals surface area (Å²) in [6.07, 6.45) is 1.48. The fraction of sp³-hybridized carbons (Fsp3) is 0.455. The van der Waals surface area contributed by atoms with Gasteiger partial charge >= 0.3 is 5.69 Å². The van der Waals surface area contributed by atoms with Gasteiger partial charge in [-0.15, -0.1) is 0 Å². The van der Waals surface area contributed by atoms with Crippen LogP contribution >= 0.6 is 0 Å². The second-order valence-corrected chi connectivity index (χ2v) is 8.01. The minimum Gasteiger partial charge on any atom is -0.497 e. The molecule has 1 aliphatic heterocycles. The molecule has 0 N–H and O–H groups in total. The predicted octanol–water partition coefficient (Wildman–Crippen LogP) is -0.334. The van der Waals surface area contributed by atoms with Crippen molar-refractivity contribution >= 4 is 17.1 Å². The molecule has 1 saturated heterocycles. The Morgan fingerprint density at radius 2 is 1.70 bits per heavy atom. The maximum Gasteiger partial charge on any atom is 0.332 e. The van der Waals surface area contributed by atoms with E-state index in [1.54, 1.807) is 30.7 Å². The molecular weight excluding hydrogens is 428 g/mol. The number of methoxy groups -OCH3 is 1. The Hall–Kier alpha value is -3.60. The molecule has 1 fully saturated rings. The van der Waals surface area contributed by atoms with E-state index < -0.39 is 11.2 Å². The van der Waals surface area contributed by atoms with Gasteiger partial charge in [0.2, 0.25) is 5.91 Å². The highest BCUT2D eigenvalue weighted by molar-refractivity contribution is 5.77. The topological polar surface area (TPSA) is 104 Å². The second-order valence-electron chi connectivity index (χ2n) is 8.01. The highest BCUT2D eigenvalue weighted by Crippen LogP contribution is 2.17. The monoisotopic (exact) mass is 456 g/mol. The Bertz CT molecular complexity index is 1250. The molecule has 1 amide bonds. The molecule has 0 unspecified atom stereocenters. The van der Waals surface area contributed by atoms with Gasteiger partial charge in [0.1, 0.15) is 24.7 Å². The minimum absolute atomic E-state index is 0.246. The zero-order valence-corrected chi connectivity index (χ0v) is 19.1. The summed E-state index contributed by atoms with van der Waals surface area (Å²) in [5.41, 5.74) is -0.446. The van der Waals surface area contributed by atoms with Crippen molar-refractivity contribution in [2.45, 2.75) is 6.54 Å². The number of aryl methyl sites for hydroxylation is 2. The molecule has 0 radical (unpaired) electrons. The predicted molar refractivity (Wildman–Crippen MR) is 122 cm³/mol. The lowest BCUT2D eigenvalue weighted by Gasteiger charge is -2.34. The summed E-state index contributed by atoms with van der Waals surface area (Å²) in [4.78, 5) is 46.3. The van der Waals surface area contributed by atoms with E-state index in [2.05, 4.69) is 9.88 Å². The lowest BCUT2D eigenvalue weighted by atomic mass is 10.3. The molecule has 33 heavy (non-hydrogen) atoms. The first-order valence-corrected chi connectivity index (χ1v) is 10.8. The van der Waals surface area contributed by atoms with Crippen LogP contribution in [0.4, 0.5) is 0 Å². The molecule has 11 nitrogen and oxygen atoms in total. The van der Waals surface area contributed by atoms with Gasteiger partial charge < -0.3 is 18.9 Å². The maximum atomic E-state index is 12.8. The standard InChI is InChI=1S/C22H28N6O5/c1-24-15-23-20-19(24)21(30)28(22(31)25(20)2)14-18(29)27-10-8-26(9-11-27)12-13-33-17-6-4-16(32-3)5-7-17/h4-7,15H,8-14H2,1-3H3. The minimum atomic E-state index is -0.547. The van der Waals surface area contributed by atoms with Crippen molar-refractivity contribution in [3.63, 3.8) is 0 Å². The number of carbonyl (C=O) groups is 1. The SMILES string of the molecule is COc1ccc(OCCN2CCN(C(=O)Cn3c(=O)c4c(ncn4C)n(C)c3=O)CC2)cc1. The highest BCUT2D eigenvalue weighted by Gasteiger charge is 2.23. The molecule has 0 saturated carbocycles. The van der Waals surface area contributed by atoms with E-state index in [1.165, 1.54) is 10.9 Å². The molecule has 1 aliphatic rings. The van der Waals surface area contributed by atoms with Crippen LogP contribution in [0.5, 0.6) is 11.5 Å². The molecule has 11 heteroatoms. The number of hydrogen-bond donors (Lipinski definition) is 0. The fourth-order valence-corrected chi connectivity index (χ4v) is 3.96. The van der Waals surface area contributed by atoms with Gasteiger partial charge in [-0.1, -0.05) is 0 Å². The first kappa shape index (κ1) is 22.6. The summed E-state index contributed by atoms with van der Waals surface area (Å²) in [6.45, 7) is 3.46. The van der Waals surface area contributed by atoms with E-state index in [0.29, 0.717) is 43.9 Å². The summed E-state index contributed by atoms with van der Waals surface area (Å²) in [7, 11) is 4.85. The van der Waals surface area contributed by atoms with Crippen LogP contribution in [0, 0.1) is 0 Å². The van der Waals surface area contributed by atoms with Gasteiger partial charge in [0.15, 0.2) is 11.2 Å². The zero-order chi connectivity index (χ0) is 23.5. The van der Waals surface area contributed by atoms with Crippen LogP contribution in [0.2, 0.25) is 0 Å². The number of carbonyl (C=O) groups excluding carboxylic acids is 1. The third-order valence-electron chi connectivity index (χ3n) is 5.96. The normalized spacial score (nSPS) is 14.6. The molecule has 0 aliphatic carbocycles. The van der Waals surface area contributed by atoms with Crippen molar-refractivity contribution in [3.8, 4) is 11.5 Å². The maximum absolute atomic E-state index is 12.8. The average Bonchev–Trinajstić information content (AvgIpc) is 3.23. The van der Waals surface area contributed by atoms with Crippen molar-refractivity contribution in [2.24, 2.45) is 14.1 Å². The number of fused-ring (bicyclic) bond motifs is 1. The lowest BCUT2D eigenvalue weighted by Crippen LogP contribution is -2.52. The van der Waals surface area contributed by atoms with E-state index in [4.69, 9.17) is 9.47 Å². The number of amides is 1. The van der Waals surface area contributed by atoms with Crippen LogP contribution in [-0.2, 0) is 25.4 Å². The Labute approximate surface area is 190 Å². The smallest absolute Gasteiger partial charge is 0.332 e. The van der Waals surface area contributed by atoms with Crippen molar-refractivity contribution < 1.29 is 14.3 Å². The van der Waals surface area contributed by atoms with E-state index in [-0.39, 0.29) is 12.5 Å². The van der Waals surface area contributed by atoms with Gasteiger partial charge in [-0.25, -0.2) is 14.3 Å². The van der Waals surface area contributed by atoms with Crippen LogP contribution in [0.25, 0.3) is 11.2 Å². The fourth-order valence-electron chi connectivity index (χ4n) is 3.96. The molecule has 3 heterocycles. The molecule has 0 atom stereocenters. The third-order valence-corrected chi connectivity index (χ3v) is 5.96. The van der Waals surface area contributed by atoms with Gasteiger partial charge in [0.05, 0.1) is 13.4 Å². The Kier molecular flexibility index (Phi) is 6.50. The van der Waals surface area contributed by atoms with Crippen molar-refractivity contribution in [3.05, 3.63) is 51.4 Å². The Balaban J connectivity index is 1.31. The number of hydrogen-bond acceptors (Lipinski definition) is 7. The molecule has 0 spiro atoms. The van der Waals surface area contributed by atoms with Crippen LogP contribution in [-0.4, -0.2) is 80.8 Å². The molecule has 4 rings (SSSR count).